The van der Waals surface area contributed by atoms with Crippen LogP contribution in [0.2, 0.25) is 5.02 Å². The Bertz CT molecular complexity index is 599. The Kier molecular flexibility index (Phi) is 8.34. The number of benzene rings is 1. The average molecular weight is 392 g/mol. The maximum Gasteiger partial charge on any atom is 0.387 e. The molecule has 1 aromatic rings. The minimum absolute atomic E-state index is 0.0120. The smallest absolute Gasteiger partial charge is 0.387 e. The number of aliphatic imine (C=N–C) groups is 1. The molecule has 1 heterocycles. The molecule has 1 saturated heterocycles. The van der Waals surface area contributed by atoms with Gasteiger partial charge in [-0.25, -0.2) is 0 Å². The molecule has 1 fully saturated rings. The van der Waals surface area contributed by atoms with Gasteiger partial charge in [-0.2, -0.15) is 8.78 Å². The highest BCUT2D eigenvalue weighted by Crippen LogP contribution is 2.24. The SMILES string of the molecule is CN=C(NCc1cc(Cl)ccc1OC(F)F)NC(C)COC1CCOC1. The molecule has 0 saturated carbocycles. The van der Waals surface area contributed by atoms with Gasteiger partial charge in [0.1, 0.15) is 5.75 Å². The van der Waals surface area contributed by atoms with Crippen LogP contribution in [0.15, 0.2) is 23.2 Å². The fraction of sp³-hybridized carbons (Fsp3) is 0.588. The van der Waals surface area contributed by atoms with Gasteiger partial charge in [0.2, 0.25) is 0 Å². The molecular weight excluding hydrogens is 368 g/mol. The molecule has 2 unspecified atom stereocenters. The van der Waals surface area contributed by atoms with E-state index in [1.54, 1.807) is 13.1 Å². The quantitative estimate of drug-likeness (QED) is 0.527. The van der Waals surface area contributed by atoms with Crippen LogP contribution in [-0.2, 0) is 16.0 Å². The van der Waals surface area contributed by atoms with Gasteiger partial charge < -0.3 is 24.8 Å². The first kappa shape index (κ1) is 20.7. The minimum atomic E-state index is -2.90. The lowest BCUT2D eigenvalue weighted by atomic mass is 10.2. The number of guanidine groups is 1. The molecule has 0 radical (unpaired) electrons. The molecule has 0 amide bonds. The van der Waals surface area contributed by atoms with Crippen molar-refractivity contribution in [2.45, 2.75) is 38.6 Å². The molecule has 0 bridgehead atoms. The molecule has 2 rings (SSSR count). The van der Waals surface area contributed by atoms with Crippen LogP contribution in [0, 0.1) is 0 Å². The van der Waals surface area contributed by atoms with Crippen LogP contribution < -0.4 is 15.4 Å². The van der Waals surface area contributed by atoms with Crippen LogP contribution in [0.3, 0.4) is 0 Å². The van der Waals surface area contributed by atoms with Gasteiger partial charge in [-0.3, -0.25) is 4.99 Å². The Morgan fingerprint density at radius 3 is 2.92 bits per heavy atom. The van der Waals surface area contributed by atoms with Crippen LogP contribution in [0.1, 0.15) is 18.9 Å². The van der Waals surface area contributed by atoms with Crippen molar-refractivity contribution >= 4 is 17.6 Å². The summed E-state index contributed by atoms with van der Waals surface area (Å²) in [4.78, 5) is 4.13. The normalized spacial score (nSPS) is 18.8. The van der Waals surface area contributed by atoms with Gasteiger partial charge in [0.15, 0.2) is 5.96 Å². The molecule has 1 aliphatic rings. The summed E-state index contributed by atoms with van der Waals surface area (Å²) in [5.74, 6) is 0.594. The van der Waals surface area contributed by atoms with E-state index in [1.165, 1.54) is 12.1 Å². The number of nitrogens with one attached hydrogen (secondary N) is 2. The number of alkyl halides is 2. The Morgan fingerprint density at radius 2 is 2.27 bits per heavy atom. The van der Waals surface area contributed by atoms with E-state index in [2.05, 4.69) is 20.4 Å². The standard InChI is InChI=1S/C17H24ClF2N3O3/c1-11(9-25-14-5-6-24-10-14)23-17(21-2)22-8-12-7-13(18)3-4-15(12)26-16(19)20/h3-4,7,11,14,16H,5-6,8-10H2,1-2H3,(H2,21,22,23). The lowest BCUT2D eigenvalue weighted by Crippen LogP contribution is -2.44. The fourth-order valence-electron chi connectivity index (χ4n) is 2.47. The molecule has 1 aromatic carbocycles. The van der Waals surface area contributed by atoms with Gasteiger partial charge in [-0.15, -0.1) is 0 Å². The van der Waals surface area contributed by atoms with Crippen LogP contribution in [0.4, 0.5) is 8.78 Å². The van der Waals surface area contributed by atoms with E-state index in [-0.39, 0.29) is 24.4 Å². The van der Waals surface area contributed by atoms with Crippen molar-refractivity contribution < 1.29 is 23.0 Å². The zero-order valence-electron chi connectivity index (χ0n) is 14.8. The second-order valence-electron chi connectivity index (χ2n) is 5.92. The first-order chi connectivity index (χ1) is 12.5. The van der Waals surface area contributed by atoms with Crippen molar-refractivity contribution in [3.8, 4) is 5.75 Å². The number of hydrogen-bond donors (Lipinski definition) is 2. The summed E-state index contributed by atoms with van der Waals surface area (Å²) in [5, 5.41) is 6.68. The van der Waals surface area contributed by atoms with E-state index >= 15 is 0 Å². The molecule has 146 valence electrons. The summed E-state index contributed by atoms with van der Waals surface area (Å²) < 4.78 is 40.6. The van der Waals surface area contributed by atoms with Crippen LogP contribution in [0.5, 0.6) is 5.75 Å². The van der Waals surface area contributed by atoms with Gasteiger partial charge in [0.05, 0.1) is 19.3 Å². The minimum Gasteiger partial charge on any atom is -0.434 e. The van der Waals surface area contributed by atoms with Crippen molar-refractivity contribution in [1.29, 1.82) is 0 Å². The van der Waals surface area contributed by atoms with Crippen molar-refractivity contribution in [2.24, 2.45) is 4.99 Å². The molecule has 2 N–H and O–H groups in total. The first-order valence-electron chi connectivity index (χ1n) is 8.37. The number of ether oxygens (including phenoxy) is 3. The maximum atomic E-state index is 12.5. The Hall–Kier alpha value is -1.64. The van der Waals surface area contributed by atoms with E-state index < -0.39 is 6.61 Å². The molecule has 9 heteroatoms. The van der Waals surface area contributed by atoms with E-state index in [0.717, 1.165) is 13.0 Å². The zero-order valence-corrected chi connectivity index (χ0v) is 15.6. The van der Waals surface area contributed by atoms with Crippen molar-refractivity contribution in [3.05, 3.63) is 28.8 Å². The van der Waals surface area contributed by atoms with E-state index in [0.29, 0.717) is 29.8 Å². The molecule has 26 heavy (non-hydrogen) atoms. The van der Waals surface area contributed by atoms with Crippen LogP contribution >= 0.6 is 11.6 Å². The van der Waals surface area contributed by atoms with E-state index in [1.807, 2.05) is 6.92 Å². The monoisotopic (exact) mass is 391 g/mol. The number of hydrogen-bond acceptors (Lipinski definition) is 4. The average Bonchev–Trinajstić information content (AvgIpc) is 3.12. The highest BCUT2D eigenvalue weighted by molar-refractivity contribution is 6.30. The van der Waals surface area contributed by atoms with Gasteiger partial charge >= 0.3 is 6.61 Å². The van der Waals surface area contributed by atoms with Gasteiger partial charge in [0, 0.05) is 36.8 Å². The van der Waals surface area contributed by atoms with Crippen LogP contribution in [-0.4, -0.2) is 51.6 Å². The zero-order chi connectivity index (χ0) is 18.9. The third kappa shape index (κ3) is 6.93. The summed E-state index contributed by atoms with van der Waals surface area (Å²) >= 11 is 5.95. The van der Waals surface area contributed by atoms with Gasteiger partial charge in [0.25, 0.3) is 0 Å². The third-order valence-corrected chi connectivity index (χ3v) is 4.00. The van der Waals surface area contributed by atoms with Crippen molar-refractivity contribution in [3.63, 3.8) is 0 Å². The van der Waals surface area contributed by atoms with Crippen LogP contribution in [0.25, 0.3) is 0 Å². The van der Waals surface area contributed by atoms with E-state index in [4.69, 9.17) is 21.1 Å². The predicted octanol–water partition coefficient (Wildman–Crippen LogP) is 2.80. The molecule has 0 spiro atoms. The topological polar surface area (TPSA) is 64.1 Å². The molecule has 2 atom stereocenters. The number of rotatable bonds is 8. The lowest BCUT2D eigenvalue weighted by molar-refractivity contribution is -0.0504. The summed E-state index contributed by atoms with van der Waals surface area (Å²) in [6, 6.07) is 4.51. The summed E-state index contributed by atoms with van der Waals surface area (Å²) in [5.41, 5.74) is 0.507. The van der Waals surface area contributed by atoms with E-state index in [9.17, 15) is 8.78 Å². The second-order valence-corrected chi connectivity index (χ2v) is 6.36. The largest absolute Gasteiger partial charge is 0.434 e. The highest BCUT2D eigenvalue weighted by Gasteiger charge is 2.17. The summed E-state index contributed by atoms with van der Waals surface area (Å²) in [7, 11) is 1.63. The molecule has 6 nitrogen and oxygen atoms in total. The summed E-state index contributed by atoms with van der Waals surface area (Å²) in [6.45, 7) is 1.16. The Labute approximate surface area is 156 Å². The summed E-state index contributed by atoms with van der Waals surface area (Å²) in [6.07, 6.45) is 1.04. The molecular formula is C17H24ClF2N3O3. The first-order valence-corrected chi connectivity index (χ1v) is 8.75. The fourth-order valence-corrected chi connectivity index (χ4v) is 2.67. The third-order valence-electron chi connectivity index (χ3n) is 3.76. The molecule has 0 aliphatic carbocycles. The van der Waals surface area contributed by atoms with Gasteiger partial charge in [-0.05, 0) is 31.5 Å². The number of nitrogens with zero attached hydrogens (tertiary/aromatic N) is 1. The van der Waals surface area contributed by atoms with Crippen molar-refractivity contribution in [1.82, 2.24) is 10.6 Å². The van der Waals surface area contributed by atoms with Crippen molar-refractivity contribution in [2.75, 3.05) is 26.9 Å². The molecule has 1 aliphatic heterocycles. The Balaban J connectivity index is 1.85. The maximum absolute atomic E-state index is 12.5. The molecule has 0 aromatic heterocycles. The highest BCUT2D eigenvalue weighted by atomic mass is 35.5. The predicted molar refractivity (Wildman–Crippen MR) is 96.1 cm³/mol. The number of halogens is 3. The lowest BCUT2D eigenvalue weighted by Gasteiger charge is -2.20. The Morgan fingerprint density at radius 1 is 1.46 bits per heavy atom. The van der Waals surface area contributed by atoms with Gasteiger partial charge in [-0.1, -0.05) is 11.6 Å². The second kappa shape index (κ2) is 10.5.